The van der Waals surface area contributed by atoms with Crippen molar-refractivity contribution in [2.45, 2.75) is 70.6 Å². The van der Waals surface area contributed by atoms with Crippen molar-refractivity contribution in [2.24, 2.45) is 10.8 Å². The number of rotatable bonds is 1. The molecule has 1 saturated heterocycles. The molecule has 0 spiro atoms. The monoisotopic (exact) mass is 260 g/mol. The van der Waals surface area contributed by atoms with Crippen molar-refractivity contribution in [1.82, 2.24) is 0 Å². The fourth-order valence-corrected chi connectivity index (χ4v) is 6.49. The lowest BCUT2D eigenvalue weighted by Gasteiger charge is -2.45. The van der Waals surface area contributed by atoms with Crippen molar-refractivity contribution in [3.05, 3.63) is 0 Å². The molecule has 0 radical (unpaired) electrons. The molecule has 0 aromatic heterocycles. The molecule has 1 unspecified atom stereocenters. The van der Waals surface area contributed by atoms with Crippen LogP contribution in [0.2, 0.25) is 0 Å². The van der Waals surface area contributed by atoms with Crippen LogP contribution in [0, 0.1) is 10.8 Å². The van der Waals surface area contributed by atoms with Gasteiger partial charge in [0.15, 0.2) is 0 Å². The van der Waals surface area contributed by atoms with Gasteiger partial charge in [-0.1, -0.05) is 41.5 Å². The van der Waals surface area contributed by atoms with E-state index in [0.717, 1.165) is 5.25 Å². The van der Waals surface area contributed by atoms with Crippen LogP contribution in [-0.4, -0.2) is 15.1 Å². The molecule has 0 amide bonds. The lowest BCUT2D eigenvalue weighted by Crippen LogP contribution is -2.36. The van der Waals surface area contributed by atoms with E-state index in [2.05, 4.69) is 72.0 Å². The van der Waals surface area contributed by atoms with Gasteiger partial charge in [0.2, 0.25) is 0 Å². The van der Waals surface area contributed by atoms with Gasteiger partial charge >= 0.3 is 0 Å². The quantitative estimate of drug-likeness (QED) is 0.617. The fraction of sp³-hybridized carbons (Fsp3) is 1.00. The standard InChI is InChI=1S/C14H28S2/c1-12(2,3)10-14(7)15-9-8-11(16-14)13(4,5)6/h11H,8-10H2,1-7H3/t11?,14-/m0/s1. The zero-order valence-corrected chi connectivity index (χ0v) is 13.6. The summed E-state index contributed by atoms with van der Waals surface area (Å²) < 4.78 is 0.425. The smallest absolute Gasteiger partial charge is 0.0591 e. The summed E-state index contributed by atoms with van der Waals surface area (Å²) in [5.41, 5.74) is 0.888. The highest BCUT2D eigenvalue weighted by Crippen LogP contribution is 2.54. The predicted molar refractivity (Wildman–Crippen MR) is 80.4 cm³/mol. The molecule has 0 aliphatic carbocycles. The zero-order valence-electron chi connectivity index (χ0n) is 12.0. The molecule has 2 atom stereocenters. The van der Waals surface area contributed by atoms with Gasteiger partial charge in [-0.3, -0.25) is 0 Å². The van der Waals surface area contributed by atoms with E-state index in [1.807, 2.05) is 0 Å². The Morgan fingerprint density at radius 1 is 1.12 bits per heavy atom. The van der Waals surface area contributed by atoms with Crippen LogP contribution in [-0.2, 0) is 0 Å². The minimum absolute atomic E-state index is 0.425. The summed E-state index contributed by atoms with van der Waals surface area (Å²) in [5, 5.41) is 0.820. The molecular formula is C14H28S2. The normalized spacial score (nSPS) is 32.8. The summed E-state index contributed by atoms with van der Waals surface area (Å²) in [6.45, 7) is 16.7. The Kier molecular flexibility index (Phi) is 4.39. The van der Waals surface area contributed by atoms with Gasteiger partial charge in [0, 0.05) is 5.25 Å². The first-order valence-electron chi connectivity index (χ1n) is 6.34. The van der Waals surface area contributed by atoms with Crippen LogP contribution >= 0.6 is 23.5 Å². The highest BCUT2D eigenvalue weighted by molar-refractivity contribution is 8.19. The average Bonchev–Trinajstić information content (AvgIpc) is 1.97. The molecule has 1 rings (SSSR count). The Labute approximate surface area is 111 Å². The second kappa shape index (κ2) is 4.76. The maximum absolute atomic E-state index is 2.45. The molecule has 0 aromatic carbocycles. The van der Waals surface area contributed by atoms with Crippen molar-refractivity contribution in [3.63, 3.8) is 0 Å². The maximum atomic E-state index is 2.45. The Bertz CT molecular complexity index is 234. The SMILES string of the molecule is CC(C)(C)C[C@@]1(C)SCCC(C(C)(C)C)S1. The lowest BCUT2D eigenvalue weighted by atomic mass is 9.89. The van der Waals surface area contributed by atoms with E-state index >= 15 is 0 Å². The summed E-state index contributed by atoms with van der Waals surface area (Å²) in [6, 6.07) is 0. The van der Waals surface area contributed by atoms with Gasteiger partial charge < -0.3 is 0 Å². The first-order chi connectivity index (χ1) is 7.02. The molecule has 1 heterocycles. The Morgan fingerprint density at radius 2 is 1.69 bits per heavy atom. The van der Waals surface area contributed by atoms with Crippen molar-refractivity contribution in [1.29, 1.82) is 0 Å². The molecule has 0 aromatic rings. The van der Waals surface area contributed by atoms with Crippen LogP contribution in [0.4, 0.5) is 0 Å². The van der Waals surface area contributed by atoms with E-state index in [-0.39, 0.29) is 0 Å². The van der Waals surface area contributed by atoms with Crippen LogP contribution < -0.4 is 0 Å². The number of hydrogen-bond donors (Lipinski definition) is 0. The Balaban J connectivity index is 2.69. The van der Waals surface area contributed by atoms with Crippen LogP contribution in [0.1, 0.15) is 61.3 Å². The van der Waals surface area contributed by atoms with Gasteiger partial charge in [-0.25, -0.2) is 0 Å². The molecule has 0 saturated carbocycles. The van der Waals surface area contributed by atoms with Gasteiger partial charge in [0.25, 0.3) is 0 Å². The van der Waals surface area contributed by atoms with Gasteiger partial charge in [0.05, 0.1) is 4.08 Å². The van der Waals surface area contributed by atoms with E-state index in [1.54, 1.807) is 0 Å². The number of thioether (sulfide) groups is 2. The highest BCUT2D eigenvalue weighted by Gasteiger charge is 2.40. The molecule has 1 fully saturated rings. The van der Waals surface area contributed by atoms with E-state index < -0.39 is 0 Å². The van der Waals surface area contributed by atoms with Crippen molar-refractivity contribution < 1.29 is 0 Å². The highest BCUT2D eigenvalue weighted by atomic mass is 32.2. The van der Waals surface area contributed by atoms with E-state index in [0.29, 0.717) is 14.9 Å². The average molecular weight is 261 g/mol. The van der Waals surface area contributed by atoms with E-state index in [4.69, 9.17) is 0 Å². The fourth-order valence-electron chi connectivity index (χ4n) is 2.44. The molecule has 2 heteroatoms. The first kappa shape index (κ1) is 14.8. The van der Waals surface area contributed by atoms with Gasteiger partial charge in [-0.05, 0) is 36.3 Å². The van der Waals surface area contributed by atoms with Crippen LogP contribution in [0.5, 0.6) is 0 Å². The second-order valence-corrected chi connectivity index (χ2v) is 11.0. The summed E-state index contributed by atoms with van der Waals surface area (Å²) in [5.74, 6) is 1.33. The summed E-state index contributed by atoms with van der Waals surface area (Å²) >= 11 is 4.41. The third-order valence-electron chi connectivity index (χ3n) is 3.00. The molecule has 1 aliphatic rings. The van der Waals surface area contributed by atoms with Gasteiger partial charge in [0.1, 0.15) is 0 Å². The van der Waals surface area contributed by atoms with E-state index in [1.165, 1.54) is 18.6 Å². The van der Waals surface area contributed by atoms with Crippen LogP contribution in [0.3, 0.4) is 0 Å². The minimum atomic E-state index is 0.425. The third-order valence-corrected chi connectivity index (χ3v) is 6.70. The predicted octanol–water partition coefficient (Wildman–Crippen LogP) is 5.42. The molecule has 16 heavy (non-hydrogen) atoms. The van der Waals surface area contributed by atoms with Crippen molar-refractivity contribution >= 4 is 23.5 Å². The second-order valence-electron chi connectivity index (χ2n) is 7.48. The largest absolute Gasteiger partial charge is 0.144 e. The first-order valence-corrected chi connectivity index (χ1v) is 8.20. The minimum Gasteiger partial charge on any atom is -0.144 e. The Morgan fingerprint density at radius 3 is 2.12 bits per heavy atom. The topological polar surface area (TPSA) is 0 Å². The lowest BCUT2D eigenvalue weighted by molar-refractivity contribution is 0.356. The zero-order chi connectivity index (χ0) is 12.6. The van der Waals surface area contributed by atoms with Gasteiger partial charge in [-0.2, -0.15) is 0 Å². The molecule has 96 valence electrons. The van der Waals surface area contributed by atoms with E-state index in [9.17, 15) is 0 Å². The number of hydrogen-bond acceptors (Lipinski definition) is 2. The summed E-state index contributed by atoms with van der Waals surface area (Å²) in [4.78, 5) is 0. The summed E-state index contributed by atoms with van der Waals surface area (Å²) in [7, 11) is 0. The molecule has 1 aliphatic heterocycles. The third kappa shape index (κ3) is 4.52. The van der Waals surface area contributed by atoms with Crippen LogP contribution in [0.15, 0.2) is 0 Å². The molecule has 0 nitrogen and oxygen atoms in total. The van der Waals surface area contributed by atoms with Crippen molar-refractivity contribution in [3.8, 4) is 0 Å². The van der Waals surface area contributed by atoms with Crippen molar-refractivity contribution in [2.75, 3.05) is 5.75 Å². The molecular weight excluding hydrogens is 232 g/mol. The molecule has 0 bridgehead atoms. The Hall–Kier alpha value is 0.700. The summed E-state index contributed by atoms with van der Waals surface area (Å²) in [6.07, 6.45) is 2.68. The van der Waals surface area contributed by atoms with Gasteiger partial charge in [-0.15, -0.1) is 23.5 Å². The molecule has 0 N–H and O–H groups in total. The van der Waals surface area contributed by atoms with Crippen LogP contribution in [0.25, 0.3) is 0 Å². The maximum Gasteiger partial charge on any atom is 0.0591 e.